The largest absolute Gasteiger partial charge is 0.378 e. The molecule has 19 heavy (non-hydrogen) atoms. The van der Waals surface area contributed by atoms with Gasteiger partial charge in [0.1, 0.15) is 5.82 Å². The van der Waals surface area contributed by atoms with Crippen LogP contribution in [0.2, 0.25) is 0 Å². The first kappa shape index (κ1) is 14.4. The fourth-order valence-electron chi connectivity index (χ4n) is 1.82. The lowest BCUT2D eigenvalue weighted by Crippen LogP contribution is -2.07. The highest BCUT2D eigenvalue weighted by atomic mass is 79.9. The van der Waals surface area contributed by atoms with Crippen molar-refractivity contribution in [1.82, 2.24) is 0 Å². The molecule has 0 saturated carbocycles. The van der Waals surface area contributed by atoms with Gasteiger partial charge in [0.25, 0.3) is 0 Å². The quantitative estimate of drug-likeness (QED) is 0.740. The lowest BCUT2D eigenvalue weighted by molar-refractivity contribution is 0.627. The van der Waals surface area contributed by atoms with Crippen LogP contribution >= 0.6 is 27.7 Å². The number of hydrogen-bond donors (Lipinski definition) is 1. The minimum absolute atomic E-state index is 0.165. The van der Waals surface area contributed by atoms with E-state index in [9.17, 15) is 4.39 Å². The third kappa shape index (κ3) is 3.74. The zero-order valence-electron chi connectivity index (χ0n) is 10.8. The molecule has 0 fully saturated rings. The third-order valence-corrected chi connectivity index (χ3v) is 4.32. The molecule has 1 atom stereocenters. The van der Waals surface area contributed by atoms with Crippen molar-refractivity contribution in [2.75, 3.05) is 11.6 Å². The molecule has 0 radical (unpaired) electrons. The van der Waals surface area contributed by atoms with Crippen molar-refractivity contribution in [2.24, 2.45) is 0 Å². The predicted molar refractivity (Wildman–Crippen MR) is 84.4 cm³/mol. The zero-order chi connectivity index (χ0) is 13.8. The maximum absolute atomic E-state index is 13.0. The summed E-state index contributed by atoms with van der Waals surface area (Å²) in [5.41, 5.74) is 2.09. The van der Waals surface area contributed by atoms with Gasteiger partial charge in [0, 0.05) is 21.1 Å². The van der Waals surface area contributed by atoms with E-state index in [2.05, 4.69) is 58.7 Å². The molecule has 2 aromatic rings. The Bertz CT molecular complexity index is 557. The summed E-state index contributed by atoms with van der Waals surface area (Å²) in [5, 5.41) is 3.37. The topological polar surface area (TPSA) is 12.0 Å². The van der Waals surface area contributed by atoms with Crippen LogP contribution in [-0.4, -0.2) is 6.26 Å². The van der Waals surface area contributed by atoms with Crippen molar-refractivity contribution in [3.05, 3.63) is 58.3 Å². The molecule has 100 valence electrons. The highest BCUT2D eigenvalue weighted by Gasteiger charge is 2.08. The molecule has 0 amide bonds. The van der Waals surface area contributed by atoms with Crippen LogP contribution in [0.4, 0.5) is 10.1 Å². The van der Waals surface area contributed by atoms with Crippen LogP contribution < -0.4 is 5.32 Å². The second kappa shape index (κ2) is 6.44. The fraction of sp³-hybridized carbons (Fsp3) is 0.200. The summed E-state index contributed by atoms with van der Waals surface area (Å²) in [4.78, 5) is 1.25. The lowest BCUT2D eigenvalue weighted by atomic mass is 10.1. The van der Waals surface area contributed by atoms with Gasteiger partial charge in [-0.05, 0) is 65.0 Å². The Morgan fingerprint density at radius 3 is 2.42 bits per heavy atom. The normalized spacial score (nSPS) is 12.2. The molecule has 1 nitrogen and oxygen atoms in total. The molecule has 2 rings (SSSR count). The zero-order valence-corrected chi connectivity index (χ0v) is 13.2. The summed E-state index contributed by atoms with van der Waals surface area (Å²) < 4.78 is 13.8. The first-order valence-corrected chi connectivity index (χ1v) is 7.97. The summed E-state index contributed by atoms with van der Waals surface area (Å²) in [6.07, 6.45) is 2.06. The molecule has 0 aliphatic heterocycles. The van der Waals surface area contributed by atoms with Crippen LogP contribution in [0.5, 0.6) is 0 Å². The number of anilines is 1. The monoisotopic (exact) mass is 339 g/mol. The van der Waals surface area contributed by atoms with Crippen molar-refractivity contribution in [1.29, 1.82) is 0 Å². The van der Waals surface area contributed by atoms with Crippen LogP contribution in [0.3, 0.4) is 0 Å². The number of rotatable bonds is 4. The number of nitrogens with one attached hydrogen (secondary N) is 1. The molecule has 0 heterocycles. The van der Waals surface area contributed by atoms with E-state index in [1.807, 2.05) is 0 Å². The average Bonchev–Trinajstić information content (AvgIpc) is 2.42. The molecule has 1 N–H and O–H groups in total. The highest BCUT2D eigenvalue weighted by Crippen LogP contribution is 2.28. The summed E-state index contributed by atoms with van der Waals surface area (Å²) in [7, 11) is 0. The van der Waals surface area contributed by atoms with Crippen LogP contribution in [0, 0.1) is 5.82 Å². The van der Waals surface area contributed by atoms with Gasteiger partial charge >= 0.3 is 0 Å². The van der Waals surface area contributed by atoms with E-state index in [-0.39, 0.29) is 11.9 Å². The molecule has 1 unspecified atom stereocenters. The minimum atomic E-state index is -0.241. The number of halogens is 2. The van der Waals surface area contributed by atoms with Crippen LogP contribution in [0.1, 0.15) is 18.5 Å². The summed E-state index contributed by atoms with van der Waals surface area (Å²) >= 11 is 5.09. The molecular weight excluding hydrogens is 325 g/mol. The van der Waals surface area contributed by atoms with Crippen molar-refractivity contribution < 1.29 is 4.39 Å². The van der Waals surface area contributed by atoms with Crippen LogP contribution in [0.25, 0.3) is 0 Å². The number of thioether (sulfide) groups is 1. The van der Waals surface area contributed by atoms with E-state index < -0.39 is 0 Å². The molecule has 4 heteroatoms. The van der Waals surface area contributed by atoms with Gasteiger partial charge in [-0.1, -0.05) is 12.1 Å². The number of hydrogen-bond acceptors (Lipinski definition) is 2. The van der Waals surface area contributed by atoms with Crippen molar-refractivity contribution in [2.45, 2.75) is 17.9 Å². The highest BCUT2D eigenvalue weighted by molar-refractivity contribution is 9.10. The second-order valence-corrected chi connectivity index (χ2v) is 6.00. The van der Waals surface area contributed by atoms with Crippen molar-refractivity contribution >= 4 is 33.4 Å². The van der Waals surface area contributed by atoms with Gasteiger partial charge in [-0.3, -0.25) is 0 Å². The van der Waals surface area contributed by atoms with Gasteiger partial charge in [0.15, 0.2) is 0 Å². The smallest absolute Gasteiger partial charge is 0.124 e. The van der Waals surface area contributed by atoms with E-state index in [4.69, 9.17) is 0 Å². The van der Waals surface area contributed by atoms with Crippen molar-refractivity contribution in [3.63, 3.8) is 0 Å². The van der Waals surface area contributed by atoms with Gasteiger partial charge in [0.2, 0.25) is 0 Å². The maximum atomic E-state index is 13.0. The molecule has 0 aliphatic carbocycles. The van der Waals surface area contributed by atoms with Gasteiger partial charge in [-0.25, -0.2) is 4.39 Å². The van der Waals surface area contributed by atoms with E-state index in [0.29, 0.717) is 0 Å². The van der Waals surface area contributed by atoms with Gasteiger partial charge in [0.05, 0.1) is 0 Å². The summed E-state index contributed by atoms with van der Waals surface area (Å²) in [6, 6.07) is 13.3. The van der Waals surface area contributed by atoms with E-state index in [1.165, 1.54) is 22.6 Å². The maximum Gasteiger partial charge on any atom is 0.124 e. The van der Waals surface area contributed by atoms with E-state index in [0.717, 1.165) is 10.2 Å². The SMILES string of the molecule is CSc1ccc(C(C)Nc2ccc(F)cc2Br)cc1. The lowest BCUT2D eigenvalue weighted by Gasteiger charge is -2.17. The predicted octanol–water partition coefficient (Wildman–Crippen LogP) is 5.48. The molecule has 0 spiro atoms. The fourth-order valence-corrected chi connectivity index (χ4v) is 2.69. The second-order valence-electron chi connectivity index (χ2n) is 4.26. The average molecular weight is 340 g/mol. The first-order chi connectivity index (χ1) is 9.10. The third-order valence-electron chi connectivity index (χ3n) is 2.92. The number of benzene rings is 2. The first-order valence-electron chi connectivity index (χ1n) is 5.95. The molecule has 0 bridgehead atoms. The Balaban J connectivity index is 2.13. The molecular formula is C15H15BrFNS. The Morgan fingerprint density at radius 2 is 1.84 bits per heavy atom. The van der Waals surface area contributed by atoms with E-state index in [1.54, 1.807) is 17.8 Å². The molecule has 0 saturated heterocycles. The molecule has 0 aromatic heterocycles. The van der Waals surface area contributed by atoms with Crippen molar-refractivity contribution in [3.8, 4) is 0 Å². The van der Waals surface area contributed by atoms with E-state index >= 15 is 0 Å². The Kier molecular flexibility index (Phi) is 4.88. The Morgan fingerprint density at radius 1 is 1.16 bits per heavy atom. The summed E-state index contributed by atoms with van der Waals surface area (Å²) in [5.74, 6) is -0.241. The minimum Gasteiger partial charge on any atom is -0.378 e. The Hall–Kier alpha value is -1.000. The molecule has 0 aliphatic rings. The van der Waals surface area contributed by atoms with Crippen LogP contribution in [-0.2, 0) is 0 Å². The van der Waals surface area contributed by atoms with Gasteiger partial charge < -0.3 is 5.32 Å². The van der Waals surface area contributed by atoms with Gasteiger partial charge in [-0.15, -0.1) is 11.8 Å². The standard InChI is InChI=1S/C15H15BrFNS/c1-10(11-3-6-13(19-2)7-4-11)18-15-8-5-12(17)9-14(15)16/h3-10,18H,1-2H3. The van der Waals surface area contributed by atoms with Gasteiger partial charge in [-0.2, -0.15) is 0 Å². The van der Waals surface area contributed by atoms with Crippen LogP contribution in [0.15, 0.2) is 51.8 Å². The Labute approximate surface area is 125 Å². The summed E-state index contributed by atoms with van der Waals surface area (Å²) in [6.45, 7) is 2.09. The molecule has 2 aromatic carbocycles.